The molecule has 2 aromatic heterocycles. The van der Waals surface area contributed by atoms with E-state index >= 15 is 0 Å². The molecule has 0 spiro atoms. The third kappa shape index (κ3) is 4.94. The number of amides is 1. The number of pyridine rings is 1. The third-order valence-corrected chi connectivity index (χ3v) is 6.81. The monoisotopic (exact) mass is 471 g/mol. The fourth-order valence-electron chi connectivity index (χ4n) is 4.21. The number of aromatic nitrogens is 1. The first-order chi connectivity index (χ1) is 16.7. The number of carbonyl (C=O) groups excluding carboxylic acids is 2. The van der Waals surface area contributed by atoms with Crippen molar-refractivity contribution in [3.63, 3.8) is 0 Å². The highest BCUT2D eigenvalue weighted by atomic mass is 32.1. The molecule has 0 saturated carbocycles. The summed E-state index contributed by atoms with van der Waals surface area (Å²) in [5.41, 5.74) is 3.65. The summed E-state index contributed by atoms with van der Waals surface area (Å²) in [7, 11) is 0. The molecule has 7 heteroatoms. The second-order valence-corrected chi connectivity index (χ2v) is 9.22. The molecular formula is C27H25N3O3S. The van der Waals surface area contributed by atoms with Gasteiger partial charge in [-0.25, -0.2) is 9.78 Å². The Labute approximate surface area is 202 Å². The van der Waals surface area contributed by atoms with E-state index in [1.165, 1.54) is 19.3 Å². The Morgan fingerprint density at radius 1 is 0.971 bits per heavy atom. The molecule has 1 saturated heterocycles. The maximum Gasteiger partial charge on any atom is 0.339 e. The minimum atomic E-state index is -0.549. The smallest absolute Gasteiger partial charge is 0.339 e. The predicted molar refractivity (Wildman–Crippen MR) is 136 cm³/mol. The average molecular weight is 472 g/mol. The first-order valence-corrected chi connectivity index (χ1v) is 12.3. The predicted octanol–water partition coefficient (Wildman–Crippen LogP) is 5.75. The van der Waals surface area contributed by atoms with Crippen LogP contribution in [-0.2, 0) is 9.53 Å². The van der Waals surface area contributed by atoms with Crippen LogP contribution in [0.3, 0.4) is 0 Å². The van der Waals surface area contributed by atoms with E-state index in [0.29, 0.717) is 27.8 Å². The number of carbonyl (C=O) groups is 2. The van der Waals surface area contributed by atoms with Crippen LogP contribution in [0.1, 0.15) is 29.6 Å². The minimum absolute atomic E-state index is 0.363. The lowest BCUT2D eigenvalue weighted by molar-refractivity contribution is -0.119. The average Bonchev–Trinajstić information content (AvgIpc) is 3.43. The van der Waals surface area contributed by atoms with E-state index < -0.39 is 5.97 Å². The largest absolute Gasteiger partial charge is 0.452 e. The van der Waals surface area contributed by atoms with Gasteiger partial charge in [0, 0.05) is 29.9 Å². The minimum Gasteiger partial charge on any atom is -0.452 e. The Bertz CT molecular complexity index is 1300. The Balaban J connectivity index is 1.25. The summed E-state index contributed by atoms with van der Waals surface area (Å²) >= 11 is 1.55. The summed E-state index contributed by atoms with van der Waals surface area (Å²) in [6.45, 7) is 1.77. The van der Waals surface area contributed by atoms with Gasteiger partial charge in [-0.2, -0.15) is 0 Å². The van der Waals surface area contributed by atoms with Crippen LogP contribution in [0, 0.1) is 0 Å². The van der Waals surface area contributed by atoms with Crippen LogP contribution in [0.25, 0.3) is 21.5 Å². The number of rotatable bonds is 6. The highest BCUT2D eigenvalue weighted by Gasteiger charge is 2.17. The summed E-state index contributed by atoms with van der Waals surface area (Å²) in [6, 6.07) is 20.9. The zero-order valence-electron chi connectivity index (χ0n) is 18.7. The number of esters is 1. The molecule has 1 N–H and O–H groups in total. The van der Waals surface area contributed by atoms with Crippen molar-refractivity contribution in [1.29, 1.82) is 0 Å². The molecule has 0 atom stereocenters. The number of benzene rings is 2. The van der Waals surface area contributed by atoms with E-state index in [4.69, 9.17) is 4.74 Å². The maximum atomic E-state index is 12.9. The van der Waals surface area contributed by atoms with Crippen LogP contribution >= 0.6 is 11.3 Å². The number of hydrogen-bond acceptors (Lipinski definition) is 6. The molecular weight excluding hydrogens is 446 g/mol. The molecule has 172 valence electrons. The Morgan fingerprint density at radius 2 is 1.76 bits per heavy atom. The van der Waals surface area contributed by atoms with Crippen molar-refractivity contribution >= 4 is 45.5 Å². The van der Waals surface area contributed by atoms with Crippen LogP contribution in [-0.4, -0.2) is 36.6 Å². The molecule has 1 aliphatic heterocycles. The molecule has 0 radical (unpaired) electrons. The summed E-state index contributed by atoms with van der Waals surface area (Å²) in [4.78, 5) is 33.4. The number of anilines is 2. The van der Waals surface area contributed by atoms with Crippen LogP contribution in [0.15, 0.2) is 72.1 Å². The molecule has 0 unspecified atom stereocenters. The Kier molecular flexibility index (Phi) is 6.53. The Morgan fingerprint density at radius 3 is 2.53 bits per heavy atom. The van der Waals surface area contributed by atoms with Gasteiger partial charge in [0.05, 0.1) is 21.7 Å². The molecule has 1 aliphatic rings. The van der Waals surface area contributed by atoms with Crippen molar-refractivity contribution in [2.75, 3.05) is 29.9 Å². The molecule has 5 rings (SSSR count). The van der Waals surface area contributed by atoms with Crippen molar-refractivity contribution in [3.05, 3.63) is 77.7 Å². The van der Waals surface area contributed by atoms with E-state index in [-0.39, 0.29) is 12.5 Å². The van der Waals surface area contributed by atoms with Gasteiger partial charge in [0.15, 0.2) is 6.61 Å². The molecule has 1 amide bonds. The zero-order chi connectivity index (χ0) is 23.3. The van der Waals surface area contributed by atoms with Crippen LogP contribution < -0.4 is 10.2 Å². The van der Waals surface area contributed by atoms with E-state index in [0.717, 1.165) is 23.7 Å². The van der Waals surface area contributed by atoms with E-state index in [1.54, 1.807) is 17.4 Å². The lowest BCUT2D eigenvalue weighted by atomic mass is 10.1. The normalized spacial score (nSPS) is 13.6. The quantitative estimate of drug-likeness (QED) is 0.363. The van der Waals surface area contributed by atoms with Crippen molar-refractivity contribution in [3.8, 4) is 10.6 Å². The number of fused-ring (bicyclic) bond motifs is 1. The summed E-state index contributed by atoms with van der Waals surface area (Å²) in [5.74, 6) is -0.928. The van der Waals surface area contributed by atoms with E-state index in [2.05, 4.69) is 15.2 Å². The van der Waals surface area contributed by atoms with Gasteiger partial charge in [0.25, 0.3) is 5.91 Å². The fourth-order valence-corrected chi connectivity index (χ4v) is 4.89. The van der Waals surface area contributed by atoms with Gasteiger partial charge >= 0.3 is 5.97 Å². The van der Waals surface area contributed by atoms with Gasteiger partial charge in [-0.05, 0) is 67.1 Å². The molecule has 0 bridgehead atoms. The number of nitrogens with zero attached hydrogens (tertiary/aromatic N) is 2. The standard InChI is InChI=1S/C27H25N3O3S/c31-26(28-19-10-12-20(13-11-19)30-14-4-1-5-15-30)18-33-27(32)22-17-24(25-9-6-16-34-25)29-23-8-3-2-7-21(22)23/h2-3,6-13,16-17H,1,4-5,14-15,18H2,(H,28,31). The number of piperidine rings is 1. The van der Waals surface area contributed by atoms with Gasteiger partial charge < -0.3 is 15.0 Å². The van der Waals surface area contributed by atoms with Gasteiger partial charge in [0.1, 0.15) is 0 Å². The number of thiophene rings is 1. The first-order valence-electron chi connectivity index (χ1n) is 11.4. The second-order valence-electron chi connectivity index (χ2n) is 8.27. The van der Waals surface area contributed by atoms with Crippen LogP contribution in [0.4, 0.5) is 11.4 Å². The van der Waals surface area contributed by atoms with Crippen molar-refractivity contribution in [2.24, 2.45) is 0 Å². The lowest BCUT2D eigenvalue weighted by Gasteiger charge is -2.28. The topological polar surface area (TPSA) is 71.5 Å². The van der Waals surface area contributed by atoms with Crippen molar-refractivity contribution in [1.82, 2.24) is 4.98 Å². The third-order valence-electron chi connectivity index (χ3n) is 5.92. The number of para-hydroxylation sites is 1. The summed E-state index contributed by atoms with van der Waals surface area (Å²) in [6.07, 6.45) is 3.71. The number of nitrogens with one attached hydrogen (secondary N) is 1. The molecule has 34 heavy (non-hydrogen) atoms. The summed E-state index contributed by atoms with van der Waals surface area (Å²) < 4.78 is 5.38. The molecule has 6 nitrogen and oxygen atoms in total. The number of ether oxygens (including phenoxy) is 1. The first kappa shape index (κ1) is 22.1. The molecule has 4 aromatic rings. The zero-order valence-corrected chi connectivity index (χ0v) is 19.5. The SMILES string of the molecule is O=C(COC(=O)c1cc(-c2cccs2)nc2ccccc12)Nc1ccc(N2CCCCC2)cc1. The van der Waals surface area contributed by atoms with Gasteiger partial charge in [0.2, 0.25) is 0 Å². The van der Waals surface area contributed by atoms with Gasteiger partial charge in [-0.15, -0.1) is 11.3 Å². The van der Waals surface area contributed by atoms with E-state index in [9.17, 15) is 9.59 Å². The van der Waals surface area contributed by atoms with E-state index in [1.807, 2.05) is 66.0 Å². The lowest BCUT2D eigenvalue weighted by Crippen LogP contribution is -2.29. The van der Waals surface area contributed by atoms with Crippen LogP contribution in [0.2, 0.25) is 0 Å². The summed E-state index contributed by atoms with van der Waals surface area (Å²) in [5, 5.41) is 5.47. The van der Waals surface area contributed by atoms with Crippen molar-refractivity contribution in [2.45, 2.75) is 19.3 Å². The number of hydrogen-bond donors (Lipinski definition) is 1. The van der Waals surface area contributed by atoms with Crippen molar-refractivity contribution < 1.29 is 14.3 Å². The molecule has 0 aliphatic carbocycles. The molecule has 2 aromatic carbocycles. The highest BCUT2D eigenvalue weighted by Crippen LogP contribution is 2.28. The molecule has 1 fully saturated rings. The highest BCUT2D eigenvalue weighted by molar-refractivity contribution is 7.13. The molecule has 3 heterocycles. The van der Waals surface area contributed by atoms with Gasteiger partial charge in [-0.3, -0.25) is 4.79 Å². The second kappa shape index (κ2) is 10.1. The fraction of sp³-hybridized carbons (Fsp3) is 0.222. The van der Waals surface area contributed by atoms with Crippen LogP contribution in [0.5, 0.6) is 0 Å². The van der Waals surface area contributed by atoms with Gasteiger partial charge in [-0.1, -0.05) is 24.3 Å². The Hall–Kier alpha value is -3.71. The maximum absolute atomic E-state index is 12.9.